The van der Waals surface area contributed by atoms with Crippen LogP contribution in [0.2, 0.25) is 0 Å². The molecule has 0 atom stereocenters. The second-order valence-corrected chi connectivity index (χ2v) is 4.28. The Balaban J connectivity index is 2.33. The zero-order valence-corrected chi connectivity index (χ0v) is 10.6. The number of nitrogens with zero attached hydrogens (tertiary/aromatic N) is 2. The van der Waals surface area contributed by atoms with Gasteiger partial charge in [0.15, 0.2) is 0 Å². The Morgan fingerprint density at radius 3 is 2.78 bits per heavy atom. The molecule has 2 rings (SSSR count). The zero-order chi connectivity index (χ0) is 13.3. The standard InChI is InChI=1S/C13H15N2O3/c1-4-18-12(16)9-5-6-11-10(7-9)14-13(17)15(11)8(2)3/h5-8H,4H2,1-3H3. The van der Waals surface area contributed by atoms with Crippen LogP contribution in [0.4, 0.5) is 16.2 Å². The number of anilines is 1. The van der Waals surface area contributed by atoms with Crippen LogP contribution < -0.4 is 10.2 Å². The summed E-state index contributed by atoms with van der Waals surface area (Å²) in [4.78, 5) is 24.9. The molecule has 0 fully saturated rings. The molecule has 0 saturated heterocycles. The summed E-state index contributed by atoms with van der Waals surface area (Å²) in [5, 5.41) is 3.94. The smallest absolute Gasteiger partial charge is 0.348 e. The average molecular weight is 247 g/mol. The minimum Gasteiger partial charge on any atom is -0.462 e. The van der Waals surface area contributed by atoms with Crippen molar-refractivity contribution in [2.24, 2.45) is 0 Å². The highest BCUT2D eigenvalue weighted by atomic mass is 16.5. The van der Waals surface area contributed by atoms with E-state index in [2.05, 4.69) is 5.32 Å². The van der Waals surface area contributed by atoms with Gasteiger partial charge in [-0.05, 0) is 39.0 Å². The van der Waals surface area contributed by atoms with Crippen LogP contribution in [0.1, 0.15) is 31.1 Å². The molecule has 0 aliphatic carbocycles. The van der Waals surface area contributed by atoms with Gasteiger partial charge in [-0.1, -0.05) is 0 Å². The van der Waals surface area contributed by atoms with Crippen molar-refractivity contribution >= 4 is 23.4 Å². The second kappa shape index (κ2) is 4.68. The molecule has 2 amide bonds. The van der Waals surface area contributed by atoms with E-state index < -0.39 is 5.97 Å². The normalized spacial score (nSPS) is 13.6. The van der Waals surface area contributed by atoms with Gasteiger partial charge in [-0.25, -0.2) is 9.59 Å². The van der Waals surface area contributed by atoms with Crippen molar-refractivity contribution in [3.05, 3.63) is 23.8 Å². The Morgan fingerprint density at radius 2 is 2.17 bits per heavy atom. The summed E-state index contributed by atoms with van der Waals surface area (Å²) in [7, 11) is 0. The maximum atomic E-state index is 11.7. The lowest BCUT2D eigenvalue weighted by molar-refractivity contribution is 0.0526. The van der Waals surface area contributed by atoms with Crippen molar-refractivity contribution in [3.63, 3.8) is 0 Å². The van der Waals surface area contributed by atoms with Gasteiger partial charge in [-0.2, -0.15) is 5.32 Å². The van der Waals surface area contributed by atoms with Crippen molar-refractivity contribution in [2.45, 2.75) is 26.8 Å². The molecule has 1 radical (unpaired) electrons. The molecule has 0 spiro atoms. The van der Waals surface area contributed by atoms with Gasteiger partial charge in [0.2, 0.25) is 0 Å². The quantitative estimate of drug-likeness (QED) is 0.771. The average Bonchev–Trinajstić information content (AvgIpc) is 2.63. The molecule has 18 heavy (non-hydrogen) atoms. The van der Waals surface area contributed by atoms with Crippen LogP contribution in [-0.4, -0.2) is 24.6 Å². The number of carbonyl (C=O) groups excluding carboxylic acids is 2. The van der Waals surface area contributed by atoms with Gasteiger partial charge in [0.25, 0.3) is 0 Å². The van der Waals surface area contributed by atoms with E-state index in [4.69, 9.17) is 4.74 Å². The fraction of sp³-hybridized carbons (Fsp3) is 0.385. The van der Waals surface area contributed by atoms with Gasteiger partial charge >= 0.3 is 12.0 Å². The van der Waals surface area contributed by atoms with E-state index in [9.17, 15) is 9.59 Å². The number of hydrogen-bond acceptors (Lipinski definition) is 3. The van der Waals surface area contributed by atoms with E-state index in [0.717, 1.165) is 5.69 Å². The molecule has 1 aromatic rings. The molecular weight excluding hydrogens is 232 g/mol. The lowest BCUT2D eigenvalue weighted by Gasteiger charge is -2.19. The Kier molecular flexibility index (Phi) is 3.23. The largest absolute Gasteiger partial charge is 0.462 e. The van der Waals surface area contributed by atoms with Crippen LogP contribution in [0, 0.1) is 0 Å². The third kappa shape index (κ3) is 2.03. The number of amides is 2. The van der Waals surface area contributed by atoms with Crippen LogP contribution in [0.25, 0.3) is 0 Å². The number of carbonyl (C=O) groups is 2. The van der Waals surface area contributed by atoms with E-state index in [1.807, 2.05) is 13.8 Å². The molecule has 1 aliphatic rings. The highest BCUT2D eigenvalue weighted by Crippen LogP contribution is 2.34. The summed E-state index contributed by atoms with van der Waals surface area (Å²) in [6, 6.07) is 4.72. The zero-order valence-electron chi connectivity index (χ0n) is 10.6. The number of benzene rings is 1. The Morgan fingerprint density at radius 1 is 1.44 bits per heavy atom. The van der Waals surface area contributed by atoms with Crippen LogP contribution >= 0.6 is 0 Å². The van der Waals surface area contributed by atoms with Gasteiger partial charge in [0.05, 0.1) is 23.5 Å². The van der Waals surface area contributed by atoms with Crippen LogP contribution in [0.3, 0.4) is 0 Å². The number of ether oxygens (including phenoxy) is 1. The molecule has 1 aromatic carbocycles. The predicted octanol–water partition coefficient (Wildman–Crippen LogP) is 2.45. The fourth-order valence-electron chi connectivity index (χ4n) is 1.92. The monoisotopic (exact) mass is 247 g/mol. The van der Waals surface area contributed by atoms with Gasteiger partial charge in [0, 0.05) is 6.04 Å². The molecule has 0 saturated carbocycles. The Labute approximate surface area is 106 Å². The van der Waals surface area contributed by atoms with Crippen molar-refractivity contribution in [1.82, 2.24) is 5.32 Å². The van der Waals surface area contributed by atoms with Gasteiger partial charge in [-0.15, -0.1) is 0 Å². The Hall–Kier alpha value is -2.04. The van der Waals surface area contributed by atoms with Crippen molar-refractivity contribution < 1.29 is 14.3 Å². The number of hydrogen-bond donors (Lipinski definition) is 0. The molecule has 95 valence electrons. The highest BCUT2D eigenvalue weighted by molar-refractivity contribution is 6.06. The summed E-state index contributed by atoms with van der Waals surface area (Å²) in [5.74, 6) is -0.397. The van der Waals surface area contributed by atoms with E-state index in [-0.39, 0.29) is 12.1 Å². The van der Waals surface area contributed by atoms with Crippen LogP contribution in [-0.2, 0) is 4.74 Å². The van der Waals surface area contributed by atoms with Crippen molar-refractivity contribution in [1.29, 1.82) is 0 Å². The Bertz CT molecular complexity index is 497. The minimum absolute atomic E-state index is 0.0379. The molecule has 0 unspecified atom stereocenters. The second-order valence-electron chi connectivity index (χ2n) is 4.28. The summed E-state index contributed by atoms with van der Waals surface area (Å²) >= 11 is 0. The third-order valence-corrected chi connectivity index (χ3v) is 2.68. The maximum absolute atomic E-state index is 11.7. The van der Waals surface area contributed by atoms with Gasteiger partial charge in [-0.3, -0.25) is 4.90 Å². The molecular formula is C13H15N2O3. The first-order chi connectivity index (χ1) is 8.54. The third-order valence-electron chi connectivity index (χ3n) is 2.68. The van der Waals surface area contributed by atoms with E-state index >= 15 is 0 Å². The summed E-state index contributed by atoms with van der Waals surface area (Å²) in [6.07, 6.45) is 0. The van der Waals surface area contributed by atoms with Crippen molar-refractivity contribution in [2.75, 3.05) is 11.5 Å². The molecule has 5 heteroatoms. The molecule has 1 aliphatic heterocycles. The molecule has 5 nitrogen and oxygen atoms in total. The molecule has 0 N–H and O–H groups in total. The first-order valence-corrected chi connectivity index (χ1v) is 5.90. The van der Waals surface area contributed by atoms with E-state index in [1.165, 1.54) is 0 Å². The minimum atomic E-state index is -0.397. The summed E-state index contributed by atoms with van der Waals surface area (Å²) in [5.41, 5.74) is 1.68. The van der Waals surface area contributed by atoms with Gasteiger partial charge < -0.3 is 4.74 Å². The fourth-order valence-corrected chi connectivity index (χ4v) is 1.92. The summed E-state index contributed by atoms with van der Waals surface area (Å²) < 4.78 is 4.91. The lowest BCUT2D eigenvalue weighted by Crippen LogP contribution is -2.34. The predicted molar refractivity (Wildman–Crippen MR) is 67.2 cm³/mol. The highest BCUT2D eigenvalue weighted by Gasteiger charge is 2.31. The number of fused-ring (bicyclic) bond motifs is 1. The lowest BCUT2D eigenvalue weighted by atomic mass is 10.1. The number of esters is 1. The molecule has 1 heterocycles. The number of rotatable bonds is 3. The first-order valence-electron chi connectivity index (χ1n) is 5.90. The topological polar surface area (TPSA) is 60.7 Å². The molecule has 0 aromatic heterocycles. The van der Waals surface area contributed by atoms with Crippen molar-refractivity contribution in [3.8, 4) is 0 Å². The number of urea groups is 1. The molecule has 0 bridgehead atoms. The summed E-state index contributed by atoms with van der Waals surface area (Å²) in [6.45, 7) is 5.91. The first kappa shape index (κ1) is 12.4. The van der Waals surface area contributed by atoms with E-state index in [1.54, 1.807) is 30.0 Å². The van der Waals surface area contributed by atoms with Crippen LogP contribution in [0.15, 0.2) is 18.2 Å². The van der Waals surface area contributed by atoms with Crippen LogP contribution in [0.5, 0.6) is 0 Å². The maximum Gasteiger partial charge on any atom is 0.348 e. The van der Waals surface area contributed by atoms with Gasteiger partial charge in [0.1, 0.15) is 0 Å². The SMILES string of the molecule is CCOC(=O)c1ccc2c(c1)[N]C(=O)N2C(C)C. The van der Waals surface area contributed by atoms with E-state index in [0.29, 0.717) is 17.9 Å².